The van der Waals surface area contributed by atoms with Crippen molar-refractivity contribution in [2.24, 2.45) is 5.73 Å². The van der Waals surface area contributed by atoms with E-state index in [1.165, 1.54) is 0 Å². The first-order valence-electron chi connectivity index (χ1n) is 7.63. The van der Waals surface area contributed by atoms with Gasteiger partial charge in [0, 0.05) is 6.54 Å². The molecule has 24 heavy (non-hydrogen) atoms. The lowest BCUT2D eigenvalue weighted by atomic mass is 10.2. The van der Waals surface area contributed by atoms with E-state index in [1.54, 1.807) is 6.92 Å². The molecule has 0 aliphatic carbocycles. The Morgan fingerprint density at radius 3 is 2.50 bits per heavy atom. The van der Waals surface area contributed by atoms with Gasteiger partial charge in [-0.3, -0.25) is 9.59 Å². The summed E-state index contributed by atoms with van der Waals surface area (Å²) < 4.78 is 4.97. The Hall–Kier alpha value is -2.61. The Balaban J connectivity index is 2.24. The number of benzene rings is 1. The van der Waals surface area contributed by atoms with Crippen LogP contribution in [0, 0.1) is 0 Å². The Morgan fingerprint density at radius 2 is 1.92 bits per heavy atom. The summed E-state index contributed by atoms with van der Waals surface area (Å²) in [6.45, 7) is 1.67. The topological polar surface area (TPSA) is 131 Å². The van der Waals surface area contributed by atoms with E-state index in [0.717, 1.165) is 5.56 Å². The van der Waals surface area contributed by atoms with Gasteiger partial charge in [0.15, 0.2) is 0 Å². The maximum Gasteiger partial charge on any atom is 0.407 e. The third-order valence-electron chi connectivity index (χ3n) is 3.20. The van der Waals surface area contributed by atoms with Crippen LogP contribution in [0.5, 0.6) is 0 Å². The average Bonchev–Trinajstić information content (AvgIpc) is 2.56. The second-order valence-corrected chi connectivity index (χ2v) is 5.23. The number of aliphatic hydroxyl groups excluding tert-OH is 1. The maximum absolute atomic E-state index is 11.7. The van der Waals surface area contributed by atoms with Crippen LogP contribution in [-0.4, -0.2) is 41.7 Å². The van der Waals surface area contributed by atoms with Crippen molar-refractivity contribution < 1.29 is 24.2 Å². The second-order valence-electron chi connectivity index (χ2n) is 5.23. The third kappa shape index (κ3) is 7.59. The van der Waals surface area contributed by atoms with Crippen molar-refractivity contribution in [3.8, 4) is 0 Å². The van der Waals surface area contributed by atoms with Crippen LogP contribution in [-0.2, 0) is 20.9 Å². The van der Waals surface area contributed by atoms with Crippen molar-refractivity contribution >= 4 is 17.9 Å². The van der Waals surface area contributed by atoms with E-state index >= 15 is 0 Å². The first-order valence-corrected chi connectivity index (χ1v) is 7.63. The average molecular weight is 337 g/mol. The molecule has 0 spiro atoms. The lowest BCUT2D eigenvalue weighted by Crippen LogP contribution is -2.45. The van der Waals surface area contributed by atoms with Gasteiger partial charge in [0.2, 0.25) is 11.8 Å². The number of hydrogen-bond acceptors (Lipinski definition) is 5. The second kappa shape index (κ2) is 10.2. The fourth-order valence-electron chi connectivity index (χ4n) is 1.89. The molecule has 0 saturated heterocycles. The number of amides is 3. The molecule has 1 rings (SSSR count). The van der Waals surface area contributed by atoms with Gasteiger partial charge in [-0.2, -0.15) is 0 Å². The lowest BCUT2D eigenvalue weighted by Gasteiger charge is -2.15. The van der Waals surface area contributed by atoms with E-state index in [4.69, 9.17) is 10.5 Å². The Kier molecular flexibility index (Phi) is 8.28. The molecule has 0 heterocycles. The molecule has 0 aromatic heterocycles. The highest BCUT2D eigenvalue weighted by Crippen LogP contribution is 2.00. The number of primary amides is 1. The molecule has 3 amide bonds. The van der Waals surface area contributed by atoms with E-state index in [1.807, 2.05) is 30.3 Å². The minimum Gasteiger partial charge on any atom is -0.445 e. The van der Waals surface area contributed by atoms with Crippen LogP contribution in [0.4, 0.5) is 4.79 Å². The van der Waals surface area contributed by atoms with E-state index in [9.17, 15) is 19.5 Å². The first kappa shape index (κ1) is 19.4. The zero-order chi connectivity index (χ0) is 17.9. The Labute approximate surface area is 140 Å². The van der Waals surface area contributed by atoms with Crippen molar-refractivity contribution in [3.63, 3.8) is 0 Å². The number of nitrogens with two attached hydrogens (primary N) is 1. The van der Waals surface area contributed by atoms with Gasteiger partial charge in [-0.05, 0) is 12.0 Å². The molecule has 1 aromatic rings. The molecule has 5 N–H and O–H groups in total. The number of hydrogen-bond donors (Lipinski definition) is 4. The fourth-order valence-corrected chi connectivity index (χ4v) is 1.89. The normalized spacial score (nSPS) is 12.8. The minimum absolute atomic E-state index is 0.111. The molecule has 0 aliphatic heterocycles. The number of ether oxygens (including phenoxy) is 1. The third-order valence-corrected chi connectivity index (χ3v) is 3.20. The van der Waals surface area contributed by atoms with Gasteiger partial charge in [0.05, 0.1) is 12.5 Å². The Morgan fingerprint density at radius 1 is 1.25 bits per heavy atom. The SMILES string of the molecule is CC[C@H](NC(=O)C[C@@H](O)CNC(=O)OCc1ccccc1)C(N)=O. The smallest absolute Gasteiger partial charge is 0.407 e. The van der Waals surface area contributed by atoms with Gasteiger partial charge in [-0.15, -0.1) is 0 Å². The molecular formula is C16H23N3O5. The molecule has 0 saturated carbocycles. The van der Waals surface area contributed by atoms with Crippen LogP contribution >= 0.6 is 0 Å². The van der Waals surface area contributed by atoms with Crippen LogP contribution in [0.15, 0.2) is 30.3 Å². The summed E-state index contributed by atoms with van der Waals surface area (Å²) in [5, 5.41) is 14.5. The molecule has 8 heteroatoms. The quantitative estimate of drug-likeness (QED) is 0.505. The van der Waals surface area contributed by atoms with Gasteiger partial charge in [0.1, 0.15) is 12.6 Å². The summed E-state index contributed by atoms with van der Waals surface area (Å²) in [6, 6.07) is 8.37. The van der Waals surface area contributed by atoms with Crippen LogP contribution < -0.4 is 16.4 Å². The molecule has 0 unspecified atom stereocenters. The van der Waals surface area contributed by atoms with Crippen molar-refractivity contribution in [3.05, 3.63) is 35.9 Å². The summed E-state index contributed by atoms with van der Waals surface area (Å²) in [7, 11) is 0. The number of aliphatic hydroxyl groups is 1. The predicted octanol–water partition coefficient (Wildman–Crippen LogP) is 0.0439. The van der Waals surface area contributed by atoms with Crippen molar-refractivity contribution in [1.82, 2.24) is 10.6 Å². The minimum atomic E-state index is -1.10. The van der Waals surface area contributed by atoms with Crippen molar-refractivity contribution in [2.75, 3.05) is 6.54 Å². The maximum atomic E-state index is 11.7. The van der Waals surface area contributed by atoms with Gasteiger partial charge < -0.3 is 26.2 Å². The number of alkyl carbamates (subject to hydrolysis) is 1. The number of carbonyl (C=O) groups is 3. The van der Waals surface area contributed by atoms with Crippen LogP contribution in [0.1, 0.15) is 25.3 Å². The van der Waals surface area contributed by atoms with Gasteiger partial charge >= 0.3 is 6.09 Å². The predicted molar refractivity (Wildman–Crippen MR) is 86.7 cm³/mol. The summed E-state index contributed by atoms with van der Waals surface area (Å²) in [4.78, 5) is 34.2. The van der Waals surface area contributed by atoms with Crippen LogP contribution in [0.2, 0.25) is 0 Å². The highest BCUT2D eigenvalue weighted by Gasteiger charge is 2.18. The monoisotopic (exact) mass is 337 g/mol. The van der Waals surface area contributed by atoms with E-state index in [2.05, 4.69) is 10.6 Å². The molecule has 132 valence electrons. The first-order chi connectivity index (χ1) is 11.4. The fraction of sp³-hybridized carbons (Fsp3) is 0.438. The van der Waals surface area contributed by atoms with Gasteiger partial charge in [0.25, 0.3) is 0 Å². The van der Waals surface area contributed by atoms with E-state index in [0.29, 0.717) is 6.42 Å². The summed E-state index contributed by atoms with van der Waals surface area (Å²) in [5.41, 5.74) is 5.95. The molecule has 0 fully saturated rings. The highest BCUT2D eigenvalue weighted by atomic mass is 16.5. The largest absolute Gasteiger partial charge is 0.445 e. The van der Waals surface area contributed by atoms with Crippen molar-refractivity contribution in [2.45, 2.75) is 38.5 Å². The Bertz CT molecular complexity index is 550. The molecule has 0 bridgehead atoms. The molecule has 0 radical (unpaired) electrons. The van der Waals surface area contributed by atoms with Gasteiger partial charge in [-0.1, -0.05) is 37.3 Å². The molecule has 1 aromatic carbocycles. The van der Waals surface area contributed by atoms with Crippen LogP contribution in [0.3, 0.4) is 0 Å². The van der Waals surface area contributed by atoms with Crippen LogP contribution in [0.25, 0.3) is 0 Å². The van der Waals surface area contributed by atoms with E-state index < -0.39 is 30.1 Å². The zero-order valence-corrected chi connectivity index (χ0v) is 13.5. The van der Waals surface area contributed by atoms with Crippen molar-refractivity contribution in [1.29, 1.82) is 0 Å². The lowest BCUT2D eigenvalue weighted by molar-refractivity contribution is -0.128. The molecule has 8 nitrogen and oxygen atoms in total. The van der Waals surface area contributed by atoms with E-state index in [-0.39, 0.29) is 19.6 Å². The van der Waals surface area contributed by atoms with Gasteiger partial charge in [-0.25, -0.2) is 4.79 Å². The highest BCUT2D eigenvalue weighted by molar-refractivity contribution is 5.86. The summed E-state index contributed by atoms with van der Waals surface area (Å²) >= 11 is 0. The summed E-state index contributed by atoms with van der Waals surface area (Å²) in [5.74, 6) is -1.16. The summed E-state index contributed by atoms with van der Waals surface area (Å²) in [6.07, 6.45) is -1.69. The standard InChI is InChI=1S/C16H23N3O5/c1-2-13(15(17)22)19-14(21)8-12(20)9-18-16(23)24-10-11-6-4-3-5-7-11/h3-7,12-13,20H,2,8-10H2,1H3,(H2,17,22)(H,18,23)(H,19,21)/t12-,13+/m1/s1. The molecular weight excluding hydrogens is 314 g/mol. The molecule has 0 aliphatic rings. The number of rotatable bonds is 9. The number of nitrogens with one attached hydrogen (secondary N) is 2. The molecule has 2 atom stereocenters. The number of carbonyl (C=O) groups excluding carboxylic acids is 3. The zero-order valence-electron chi connectivity index (χ0n) is 13.5.